The molecule has 0 aliphatic carbocycles. The average Bonchev–Trinajstić information content (AvgIpc) is 2.88. The number of nitrogens with zero attached hydrogens (tertiary/aromatic N) is 1. The monoisotopic (exact) mass is 530 g/mol. The van der Waals surface area contributed by atoms with Crippen LogP contribution in [0.1, 0.15) is 136 Å². The molecule has 37 heavy (non-hydrogen) atoms. The molecule has 7 nitrogen and oxygen atoms in total. The summed E-state index contributed by atoms with van der Waals surface area (Å²) in [6.45, 7) is 5.21. The molecule has 0 spiro atoms. The van der Waals surface area contributed by atoms with E-state index in [0.717, 1.165) is 44.9 Å². The summed E-state index contributed by atoms with van der Waals surface area (Å²) in [4.78, 5) is 14.4. The van der Waals surface area contributed by atoms with Crippen LogP contribution in [0.4, 0.5) is 0 Å². The maximum Gasteiger partial charge on any atom is 0.220 e. The molecular formula is C30H62N2O5. The second kappa shape index (κ2) is 26.9. The van der Waals surface area contributed by atoms with E-state index >= 15 is 0 Å². The Hall–Kier alpha value is -0.730. The fraction of sp³-hybridized carbons (Fsp3) is 0.967. The van der Waals surface area contributed by atoms with Gasteiger partial charge in [-0.3, -0.25) is 9.69 Å². The van der Waals surface area contributed by atoms with Gasteiger partial charge in [-0.15, -0.1) is 0 Å². The number of aliphatic hydroxyl groups excluding tert-OH is 4. The highest BCUT2D eigenvalue weighted by Crippen LogP contribution is 2.15. The first-order chi connectivity index (χ1) is 18.0. The zero-order valence-corrected chi connectivity index (χ0v) is 24.3. The SMILES string of the molecule is CCCCCCCCCCCCCC[C@@H](O)[C@@H](O)[C@H](CN(CCO)CCO)NC(=O)CCCCCCC. The fourth-order valence-electron chi connectivity index (χ4n) is 4.90. The zero-order chi connectivity index (χ0) is 27.6. The molecule has 5 N–H and O–H groups in total. The van der Waals surface area contributed by atoms with Gasteiger partial charge in [0.15, 0.2) is 0 Å². The molecule has 0 heterocycles. The summed E-state index contributed by atoms with van der Waals surface area (Å²) in [5.41, 5.74) is 0. The summed E-state index contributed by atoms with van der Waals surface area (Å²) < 4.78 is 0. The van der Waals surface area contributed by atoms with E-state index in [2.05, 4.69) is 19.2 Å². The Bertz CT molecular complexity index is 489. The summed E-state index contributed by atoms with van der Waals surface area (Å²) in [7, 11) is 0. The largest absolute Gasteiger partial charge is 0.395 e. The number of aliphatic hydroxyl groups is 4. The van der Waals surface area contributed by atoms with E-state index in [1.807, 2.05) is 4.90 Å². The minimum atomic E-state index is -1.09. The summed E-state index contributed by atoms with van der Waals surface area (Å²) >= 11 is 0. The first-order valence-corrected chi connectivity index (χ1v) is 15.6. The maximum atomic E-state index is 12.6. The van der Waals surface area contributed by atoms with E-state index in [4.69, 9.17) is 0 Å². The zero-order valence-electron chi connectivity index (χ0n) is 24.3. The van der Waals surface area contributed by atoms with E-state index in [1.165, 1.54) is 64.2 Å². The number of amides is 1. The van der Waals surface area contributed by atoms with Gasteiger partial charge in [0.25, 0.3) is 0 Å². The van der Waals surface area contributed by atoms with Crippen LogP contribution in [0.2, 0.25) is 0 Å². The lowest BCUT2D eigenvalue weighted by atomic mass is 9.98. The maximum absolute atomic E-state index is 12.6. The van der Waals surface area contributed by atoms with Gasteiger partial charge in [0.1, 0.15) is 6.10 Å². The molecule has 0 fully saturated rings. The molecule has 0 bridgehead atoms. The van der Waals surface area contributed by atoms with Crippen LogP contribution in [0, 0.1) is 0 Å². The van der Waals surface area contributed by atoms with Crippen molar-refractivity contribution >= 4 is 5.91 Å². The Morgan fingerprint density at radius 2 is 1.11 bits per heavy atom. The number of nitrogens with one attached hydrogen (secondary N) is 1. The van der Waals surface area contributed by atoms with E-state index in [1.54, 1.807) is 0 Å². The van der Waals surface area contributed by atoms with Gasteiger partial charge in [0.05, 0.1) is 25.4 Å². The Labute approximate surface area is 228 Å². The van der Waals surface area contributed by atoms with Gasteiger partial charge in [-0.2, -0.15) is 0 Å². The van der Waals surface area contributed by atoms with Crippen LogP contribution in [0.25, 0.3) is 0 Å². The molecule has 0 aromatic rings. The third kappa shape index (κ3) is 21.8. The molecule has 0 unspecified atom stereocenters. The van der Waals surface area contributed by atoms with Gasteiger partial charge in [-0.1, -0.05) is 117 Å². The van der Waals surface area contributed by atoms with Crippen LogP contribution in [0.5, 0.6) is 0 Å². The number of carbonyl (C=O) groups excluding carboxylic acids is 1. The van der Waals surface area contributed by atoms with Crippen molar-refractivity contribution in [2.75, 3.05) is 32.8 Å². The van der Waals surface area contributed by atoms with E-state index in [-0.39, 0.29) is 25.7 Å². The molecule has 0 saturated carbocycles. The molecule has 0 aliphatic rings. The summed E-state index contributed by atoms with van der Waals surface area (Å²) in [5, 5.41) is 43.2. The van der Waals surface area contributed by atoms with Crippen molar-refractivity contribution < 1.29 is 25.2 Å². The number of hydrogen-bond acceptors (Lipinski definition) is 6. The first kappa shape index (κ1) is 36.3. The normalized spacial score (nSPS) is 14.1. The van der Waals surface area contributed by atoms with Crippen molar-refractivity contribution in [2.24, 2.45) is 0 Å². The lowest BCUT2D eigenvalue weighted by Gasteiger charge is -2.32. The first-order valence-electron chi connectivity index (χ1n) is 15.6. The van der Waals surface area contributed by atoms with Gasteiger partial charge >= 0.3 is 0 Å². The van der Waals surface area contributed by atoms with Crippen molar-refractivity contribution in [1.29, 1.82) is 0 Å². The lowest BCUT2D eigenvalue weighted by Crippen LogP contribution is -2.54. The summed E-state index contributed by atoms with van der Waals surface area (Å²) in [6.07, 6.45) is 19.1. The van der Waals surface area contributed by atoms with Crippen LogP contribution in [0.15, 0.2) is 0 Å². The Kier molecular flexibility index (Phi) is 26.3. The number of unbranched alkanes of at least 4 members (excludes halogenated alkanes) is 15. The highest BCUT2D eigenvalue weighted by atomic mass is 16.3. The Balaban J connectivity index is 4.42. The molecule has 0 saturated heterocycles. The second-order valence-corrected chi connectivity index (χ2v) is 10.8. The number of rotatable bonds is 28. The fourth-order valence-corrected chi connectivity index (χ4v) is 4.90. The van der Waals surface area contributed by atoms with E-state index in [9.17, 15) is 25.2 Å². The van der Waals surface area contributed by atoms with Crippen LogP contribution in [-0.2, 0) is 4.79 Å². The van der Waals surface area contributed by atoms with Crippen molar-refractivity contribution in [3.63, 3.8) is 0 Å². The predicted octanol–water partition coefficient (Wildman–Crippen LogP) is 4.93. The van der Waals surface area contributed by atoms with Crippen LogP contribution < -0.4 is 5.32 Å². The standard InChI is InChI=1S/C30H62N2O5/c1-3-5-7-9-10-11-12-13-14-15-17-18-20-28(35)30(37)27(26-32(22-24-33)23-25-34)31-29(36)21-19-16-8-6-4-2/h27-28,30,33-35,37H,3-26H2,1-2H3,(H,31,36)/t27-,28+,30-/m0/s1. The third-order valence-electron chi connectivity index (χ3n) is 7.30. The molecular weight excluding hydrogens is 468 g/mol. The quantitative estimate of drug-likeness (QED) is 0.0917. The van der Waals surface area contributed by atoms with Crippen LogP contribution in [0.3, 0.4) is 0 Å². The molecule has 1 amide bonds. The van der Waals surface area contributed by atoms with E-state index < -0.39 is 18.2 Å². The number of carbonyl (C=O) groups is 1. The minimum Gasteiger partial charge on any atom is -0.395 e. The predicted molar refractivity (Wildman–Crippen MR) is 154 cm³/mol. The molecule has 3 atom stereocenters. The Morgan fingerprint density at radius 3 is 1.57 bits per heavy atom. The van der Waals surface area contributed by atoms with Crippen molar-refractivity contribution in [3.8, 4) is 0 Å². The van der Waals surface area contributed by atoms with Gasteiger partial charge in [-0.25, -0.2) is 0 Å². The van der Waals surface area contributed by atoms with Crippen LogP contribution >= 0.6 is 0 Å². The van der Waals surface area contributed by atoms with Gasteiger partial charge in [0.2, 0.25) is 5.91 Å². The highest BCUT2D eigenvalue weighted by Gasteiger charge is 2.29. The molecule has 7 heteroatoms. The van der Waals surface area contributed by atoms with Crippen molar-refractivity contribution in [1.82, 2.24) is 10.2 Å². The van der Waals surface area contributed by atoms with E-state index in [0.29, 0.717) is 25.9 Å². The molecule has 0 aromatic carbocycles. The smallest absolute Gasteiger partial charge is 0.220 e. The molecule has 0 rings (SSSR count). The average molecular weight is 531 g/mol. The molecule has 222 valence electrons. The number of hydrogen-bond donors (Lipinski definition) is 5. The minimum absolute atomic E-state index is 0.0738. The van der Waals surface area contributed by atoms with Crippen molar-refractivity contribution in [2.45, 2.75) is 154 Å². The molecule has 0 aromatic heterocycles. The topological polar surface area (TPSA) is 113 Å². The highest BCUT2D eigenvalue weighted by molar-refractivity contribution is 5.76. The van der Waals surface area contributed by atoms with Gasteiger partial charge in [0, 0.05) is 26.1 Å². The van der Waals surface area contributed by atoms with Crippen molar-refractivity contribution in [3.05, 3.63) is 0 Å². The molecule has 0 aliphatic heterocycles. The summed E-state index contributed by atoms with van der Waals surface area (Å²) in [6, 6.07) is -0.645. The molecule has 0 radical (unpaired) electrons. The van der Waals surface area contributed by atoms with Gasteiger partial charge < -0.3 is 25.7 Å². The van der Waals surface area contributed by atoms with Gasteiger partial charge in [-0.05, 0) is 12.8 Å². The Morgan fingerprint density at radius 1 is 0.676 bits per heavy atom. The van der Waals surface area contributed by atoms with Crippen LogP contribution in [-0.4, -0.2) is 82.3 Å². The lowest BCUT2D eigenvalue weighted by molar-refractivity contribution is -0.124. The summed E-state index contributed by atoms with van der Waals surface area (Å²) in [5.74, 6) is -0.119. The third-order valence-corrected chi connectivity index (χ3v) is 7.30. The second-order valence-electron chi connectivity index (χ2n) is 10.8.